The number of aromatic nitrogens is 4. The molecular weight excluding hydrogens is 332 g/mol. The van der Waals surface area contributed by atoms with E-state index in [1.54, 1.807) is 4.52 Å². The molecule has 5 nitrogen and oxygen atoms in total. The van der Waals surface area contributed by atoms with E-state index < -0.39 is 0 Å². The molecule has 0 amide bonds. The molecule has 1 aromatic carbocycles. The second-order valence-corrected chi connectivity index (χ2v) is 7.76. The zero-order valence-electron chi connectivity index (χ0n) is 15.4. The van der Waals surface area contributed by atoms with Gasteiger partial charge in [-0.3, -0.25) is 4.79 Å². The van der Waals surface area contributed by atoms with Crippen molar-refractivity contribution in [3.05, 3.63) is 51.8 Å². The number of ketones is 1. The van der Waals surface area contributed by atoms with Crippen molar-refractivity contribution in [2.45, 2.75) is 51.9 Å². The molecule has 3 aromatic rings. The van der Waals surface area contributed by atoms with Crippen LogP contribution in [0.15, 0.2) is 23.4 Å². The lowest BCUT2D eigenvalue weighted by Gasteiger charge is -2.11. The number of rotatable bonds is 4. The van der Waals surface area contributed by atoms with Gasteiger partial charge >= 0.3 is 0 Å². The highest BCUT2D eigenvalue weighted by atomic mass is 32.2. The Morgan fingerprint density at radius 3 is 2.56 bits per heavy atom. The van der Waals surface area contributed by atoms with Gasteiger partial charge in [-0.05, 0) is 58.7 Å². The Labute approximate surface area is 151 Å². The molecule has 25 heavy (non-hydrogen) atoms. The van der Waals surface area contributed by atoms with Gasteiger partial charge < -0.3 is 0 Å². The maximum absolute atomic E-state index is 12.8. The van der Waals surface area contributed by atoms with Crippen LogP contribution in [0.2, 0.25) is 0 Å². The molecule has 130 valence electrons. The fraction of sp³-hybridized carbons (Fsp3) is 0.368. The molecule has 0 saturated heterocycles. The van der Waals surface area contributed by atoms with Gasteiger partial charge in [0.2, 0.25) is 5.16 Å². The van der Waals surface area contributed by atoms with Gasteiger partial charge in [-0.1, -0.05) is 29.5 Å². The maximum Gasteiger partial charge on any atom is 0.253 e. The number of fused-ring (bicyclic) bond motifs is 1. The maximum atomic E-state index is 12.8. The van der Waals surface area contributed by atoms with E-state index >= 15 is 0 Å². The first kappa shape index (κ1) is 17.6. The van der Waals surface area contributed by atoms with Gasteiger partial charge in [-0.25, -0.2) is 9.50 Å². The third kappa shape index (κ3) is 3.31. The fourth-order valence-electron chi connectivity index (χ4n) is 2.72. The summed E-state index contributed by atoms with van der Waals surface area (Å²) in [5.41, 5.74) is 5.93. The van der Waals surface area contributed by atoms with Crippen LogP contribution in [0, 0.1) is 34.6 Å². The van der Waals surface area contributed by atoms with Gasteiger partial charge in [0.15, 0.2) is 5.78 Å². The Morgan fingerprint density at radius 1 is 1.12 bits per heavy atom. The molecule has 3 rings (SSSR count). The lowest BCUT2D eigenvalue weighted by atomic mass is 10.0. The summed E-state index contributed by atoms with van der Waals surface area (Å²) in [6.07, 6.45) is 0. The molecule has 0 bridgehead atoms. The van der Waals surface area contributed by atoms with Crippen molar-refractivity contribution in [1.82, 2.24) is 19.6 Å². The molecule has 0 aliphatic heterocycles. The largest absolute Gasteiger partial charge is 0.293 e. The molecule has 6 heteroatoms. The van der Waals surface area contributed by atoms with Crippen LogP contribution < -0.4 is 0 Å². The lowest BCUT2D eigenvalue weighted by molar-refractivity contribution is 0.0993. The number of nitrogens with zero attached hydrogens (tertiary/aromatic N) is 4. The Hall–Kier alpha value is -2.21. The van der Waals surface area contributed by atoms with Crippen LogP contribution in [0.1, 0.15) is 45.4 Å². The second-order valence-electron chi connectivity index (χ2n) is 6.46. The Balaban J connectivity index is 1.89. The molecule has 0 N–H and O–H groups in total. The van der Waals surface area contributed by atoms with E-state index in [1.807, 2.05) is 59.7 Å². The number of carbonyl (C=O) groups excluding carboxylic acids is 1. The highest BCUT2D eigenvalue weighted by Crippen LogP contribution is 2.25. The van der Waals surface area contributed by atoms with Crippen molar-refractivity contribution < 1.29 is 4.79 Å². The molecule has 1 unspecified atom stereocenters. The summed E-state index contributed by atoms with van der Waals surface area (Å²) in [6.45, 7) is 11.9. The van der Waals surface area contributed by atoms with E-state index in [-0.39, 0.29) is 11.0 Å². The van der Waals surface area contributed by atoms with Gasteiger partial charge in [-0.2, -0.15) is 4.98 Å². The van der Waals surface area contributed by atoms with Crippen LogP contribution >= 0.6 is 11.8 Å². The van der Waals surface area contributed by atoms with Crippen LogP contribution in [0.4, 0.5) is 0 Å². The van der Waals surface area contributed by atoms with Gasteiger partial charge in [0.1, 0.15) is 0 Å². The van der Waals surface area contributed by atoms with Crippen LogP contribution in [0.5, 0.6) is 0 Å². The molecule has 0 fully saturated rings. The third-order valence-corrected chi connectivity index (χ3v) is 5.50. The van der Waals surface area contributed by atoms with Crippen molar-refractivity contribution in [2.75, 3.05) is 0 Å². The highest BCUT2D eigenvalue weighted by Gasteiger charge is 2.21. The Kier molecular flexibility index (Phi) is 4.64. The Bertz CT molecular complexity index is 977. The normalized spacial score (nSPS) is 12.6. The van der Waals surface area contributed by atoms with Gasteiger partial charge in [-0.15, -0.1) is 5.10 Å². The first-order chi connectivity index (χ1) is 11.8. The quantitative estimate of drug-likeness (QED) is 0.523. The number of hydrogen-bond donors (Lipinski definition) is 0. The average Bonchev–Trinajstić information content (AvgIpc) is 2.96. The highest BCUT2D eigenvalue weighted by molar-refractivity contribution is 8.00. The number of Topliss-reactive ketones (excluding diaryl/α,β-unsaturated/α-hetero) is 1. The minimum absolute atomic E-state index is 0.0992. The van der Waals surface area contributed by atoms with Crippen molar-refractivity contribution in [1.29, 1.82) is 0 Å². The molecule has 0 saturated carbocycles. The minimum Gasteiger partial charge on any atom is -0.293 e. The van der Waals surface area contributed by atoms with E-state index in [9.17, 15) is 4.79 Å². The average molecular weight is 354 g/mol. The summed E-state index contributed by atoms with van der Waals surface area (Å²) in [6, 6.07) is 5.96. The smallest absolute Gasteiger partial charge is 0.253 e. The molecule has 0 spiro atoms. The van der Waals surface area contributed by atoms with Gasteiger partial charge in [0, 0.05) is 17.0 Å². The first-order valence-electron chi connectivity index (χ1n) is 8.26. The predicted octanol–water partition coefficient (Wildman–Crippen LogP) is 4.03. The first-order valence-corrected chi connectivity index (χ1v) is 9.14. The summed E-state index contributed by atoms with van der Waals surface area (Å²) >= 11 is 1.37. The predicted molar refractivity (Wildman–Crippen MR) is 101 cm³/mol. The van der Waals surface area contributed by atoms with Crippen molar-refractivity contribution in [3.63, 3.8) is 0 Å². The summed E-state index contributed by atoms with van der Waals surface area (Å²) in [4.78, 5) is 21.8. The molecular formula is C19H22N4OS. The van der Waals surface area contributed by atoms with E-state index in [0.29, 0.717) is 10.9 Å². The van der Waals surface area contributed by atoms with Gasteiger partial charge in [0.25, 0.3) is 5.78 Å². The topological polar surface area (TPSA) is 60.2 Å². The molecule has 0 radical (unpaired) electrons. The van der Waals surface area contributed by atoms with E-state index in [1.165, 1.54) is 11.8 Å². The lowest BCUT2D eigenvalue weighted by Crippen LogP contribution is -2.15. The summed E-state index contributed by atoms with van der Waals surface area (Å²) < 4.78 is 1.75. The monoisotopic (exact) mass is 354 g/mol. The van der Waals surface area contributed by atoms with Crippen LogP contribution in [0.3, 0.4) is 0 Å². The summed E-state index contributed by atoms with van der Waals surface area (Å²) in [7, 11) is 0. The van der Waals surface area contributed by atoms with Crippen molar-refractivity contribution >= 4 is 23.3 Å². The van der Waals surface area contributed by atoms with Gasteiger partial charge in [0.05, 0.1) is 5.25 Å². The van der Waals surface area contributed by atoms with E-state index in [2.05, 4.69) is 15.1 Å². The number of benzene rings is 1. The standard InChI is InChI=1S/C19H22N4OS/c1-10-7-8-11(2)16(9-10)17(24)15(6)25-19-21-18-20-13(4)12(3)14(5)23(18)22-19/h7-9,15H,1-6H3. The molecule has 0 aliphatic rings. The third-order valence-electron chi connectivity index (χ3n) is 4.55. The van der Waals surface area contributed by atoms with Crippen LogP contribution in [-0.2, 0) is 0 Å². The molecule has 2 aromatic heterocycles. The van der Waals surface area contributed by atoms with Crippen molar-refractivity contribution in [3.8, 4) is 0 Å². The van der Waals surface area contributed by atoms with E-state index in [0.717, 1.165) is 33.6 Å². The molecule has 2 heterocycles. The summed E-state index contributed by atoms with van der Waals surface area (Å²) in [5.74, 6) is 0.677. The minimum atomic E-state index is -0.264. The number of aryl methyl sites for hydroxylation is 4. The number of thioether (sulfide) groups is 1. The molecule has 0 aliphatic carbocycles. The zero-order chi connectivity index (χ0) is 18.3. The summed E-state index contributed by atoms with van der Waals surface area (Å²) in [5, 5.41) is 4.84. The van der Waals surface area contributed by atoms with E-state index in [4.69, 9.17) is 0 Å². The second kappa shape index (κ2) is 6.59. The fourth-order valence-corrected chi connectivity index (χ4v) is 3.53. The van der Waals surface area contributed by atoms with Crippen molar-refractivity contribution in [2.24, 2.45) is 0 Å². The SMILES string of the molecule is Cc1ccc(C)c(C(=O)C(C)Sc2nc3nc(C)c(C)c(C)n3n2)c1. The van der Waals surface area contributed by atoms with Crippen LogP contribution in [0.25, 0.3) is 5.78 Å². The number of carbonyl (C=O) groups is 1. The molecule has 1 atom stereocenters. The van der Waals surface area contributed by atoms with Crippen LogP contribution in [-0.4, -0.2) is 30.6 Å². The zero-order valence-corrected chi connectivity index (χ0v) is 16.2. The number of hydrogen-bond acceptors (Lipinski definition) is 5. The Morgan fingerprint density at radius 2 is 1.84 bits per heavy atom.